The number of rotatable bonds is 6. The second-order valence-corrected chi connectivity index (χ2v) is 9.87. The van der Waals surface area contributed by atoms with Crippen LogP contribution in [0.4, 0.5) is 16.5 Å². The number of ether oxygens (including phenoxy) is 1. The molecule has 0 unspecified atom stereocenters. The van der Waals surface area contributed by atoms with E-state index in [0.29, 0.717) is 43.7 Å². The first-order chi connectivity index (χ1) is 17.4. The maximum atomic E-state index is 13.9. The first kappa shape index (κ1) is 23.9. The van der Waals surface area contributed by atoms with E-state index in [1.807, 2.05) is 49.1 Å². The van der Waals surface area contributed by atoms with Crippen molar-refractivity contribution >= 4 is 44.0 Å². The number of hydrogen-bond acceptors (Lipinski definition) is 7. The van der Waals surface area contributed by atoms with Crippen LogP contribution in [0.5, 0.6) is 0 Å². The average molecular weight is 503 g/mol. The molecule has 0 radical (unpaired) electrons. The molecule has 1 aromatic heterocycles. The number of nitro groups is 1. The minimum Gasteiger partial charge on any atom is -0.378 e. The van der Waals surface area contributed by atoms with Crippen molar-refractivity contribution in [1.29, 1.82) is 0 Å². The van der Waals surface area contributed by atoms with E-state index >= 15 is 0 Å². The molecule has 0 N–H and O–H groups in total. The minimum atomic E-state index is -0.424. The number of aromatic nitrogens is 1. The highest BCUT2D eigenvalue weighted by molar-refractivity contribution is 7.22. The highest BCUT2D eigenvalue weighted by atomic mass is 32.1. The molecule has 1 fully saturated rings. The molecule has 1 saturated heterocycles. The van der Waals surface area contributed by atoms with Crippen LogP contribution in [-0.2, 0) is 11.3 Å². The van der Waals surface area contributed by atoms with Crippen molar-refractivity contribution in [3.63, 3.8) is 0 Å². The molecule has 8 nitrogen and oxygen atoms in total. The van der Waals surface area contributed by atoms with Crippen LogP contribution < -0.4 is 9.80 Å². The first-order valence-corrected chi connectivity index (χ1v) is 12.6. The third-order valence-electron chi connectivity index (χ3n) is 6.25. The van der Waals surface area contributed by atoms with Crippen molar-refractivity contribution in [3.05, 3.63) is 93.0 Å². The molecule has 9 heteroatoms. The van der Waals surface area contributed by atoms with Gasteiger partial charge in [-0.15, -0.1) is 0 Å². The number of nitrogens with zero attached hydrogens (tertiary/aromatic N) is 4. The Morgan fingerprint density at radius 1 is 1.11 bits per heavy atom. The number of anilines is 2. The van der Waals surface area contributed by atoms with Gasteiger partial charge in [0.25, 0.3) is 11.6 Å². The molecule has 36 heavy (non-hydrogen) atoms. The highest BCUT2D eigenvalue weighted by Gasteiger charge is 2.27. The number of hydrogen-bond donors (Lipinski definition) is 0. The van der Waals surface area contributed by atoms with Crippen LogP contribution >= 0.6 is 11.3 Å². The molecule has 1 aliphatic rings. The van der Waals surface area contributed by atoms with Crippen LogP contribution in [0.15, 0.2) is 60.7 Å². The van der Waals surface area contributed by atoms with Gasteiger partial charge in [-0.2, -0.15) is 0 Å². The molecule has 0 bridgehead atoms. The summed E-state index contributed by atoms with van der Waals surface area (Å²) in [5, 5.41) is 12.5. The molecule has 0 atom stereocenters. The van der Waals surface area contributed by atoms with E-state index in [1.165, 1.54) is 17.4 Å². The predicted octanol–water partition coefficient (Wildman–Crippen LogP) is 5.50. The lowest BCUT2D eigenvalue weighted by Gasteiger charge is -2.28. The van der Waals surface area contributed by atoms with Crippen LogP contribution in [0.1, 0.15) is 27.0 Å². The highest BCUT2D eigenvalue weighted by Crippen LogP contribution is 2.35. The smallest absolute Gasteiger partial charge is 0.293 e. The van der Waals surface area contributed by atoms with E-state index < -0.39 is 4.92 Å². The second kappa shape index (κ2) is 10.0. The summed E-state index contributed by atoms with van der Waals surface area (Å²) in [7, 11) is 0. The predicted molar refractivity (Wildman–Crippen MR) is 142 cm³/mol. The largest absolute Gasteiger partial charge is 0.378 e. The summed E-state index contributed by atoms with van der Waals surface area (Å²) in [5.41, 5.74) is 4.65. The number of nitro benzene ring substituents is 1. The van der Waals surface area contributed by atoms with E-state index in [1.54, 1.807) is 17.0 Å². The van der Waals surface area contributed by atoms with Gasteiger partial charge in [-0.25, -0.2) is 4.98 Å². The molecule has 0 saturated carbocycles. The number of thiazole rings is 1. The van der Waals surface area contributed by atoms with Crippen molar-refractivity contribution in [2.75, 3.05) is 36.1 Å². The summed E-state index contributed by atoms with van der Waals surface area (Å²) in [5.74, 6) is -0.330. The molecule has 2 heterocycles. The number of carbonyl (C=O) groups is 1. The second-order valence-electron chi connectivity index (χ2n) is 8.86. The quantitative estimate of drug-likeness (QED) is 0.255. The fourth-order valence-corrected chi connectivity index (χ4v) is 5.64. The van der Waals surface area contributed by atoms with Crippen molar-refractivity contribution in [1.82, 2.24) is 4.98 Å². The zero-order valence-electron chi connectivity index (χ0n) is 20.1. The Morgan fingerprint density at radius 2 is 1.86 bits per heavy atom. The van der Waals surface area contributed by atoms with Gasteiger partial charge in [0.2, 0.25) is 0 Å². The van der Waals surface area contributed by atoms with Gasteiger partial charge >= 0.3 is 0 Å². The van der Waals surface area contributed by atoms with E-state index in [-0.39, 0.29) is 17.2 Å². The lowest BCUT2D eigenvalue weighted by atomic mass is 10.1. The van der Waals surface area contributed by atoms with Crippen LogP contribution in [0.25, 0.3) is 10.2 Å². The zero-order valence-corrected chi connectivity index (χ0v) is 21.0. The zero-order chi connectivity index (χ0) is 25.2. The van der Waals surface area contributed by atoms with Crippen LogP contribution in [-0.4, -0.2) is 42.1 Å². The Bertz CT molecular complexity index is 1430. The van der Waals surface area contributed by atoms with Gasteiger partial charge in [0.05, 0.1) is 34.9 Å². The van der Waals surface area contributed by atoms with E-state index in [9.17, 15) is 14.9 Å². The van der Waals surface area contributed by atoms with E-state index in [4.69, 9.17) is 9.72 Å². The SMILES string of the molecule is Cc1cc(C)c2nc(N(Cc3ccccc3)C(=O)c3ccc(N4CCOCC4)c([N+](=O)[O-])c3)sc2c1. The summed E-state index contributed by atoms with van der Waals surface area (Å²) in [6.45, 7) is 6.51. The molecule has 1 amide bonds. The molecule has 184 valence electrons. The normalized spacial score (nSPS) is 13.7. The molecule has 3 aromatic carbocycles. The van der Waals surface area contributed by atoms with Gasteiger partial charge in [-0.3, -0.25) is 19.8 Å². The monoisotopic (exact) mass is 502 g/mol. The molecular formula is C27H26N4O4S. The Morgan fingerprint density at radius 3 is 2.58 bits per heavy atom. The van der Waals surface area contributed by atoms with E-state index in [0.717, 1.165) is 26.9 Å². The van der Waals surface area contributed by atoms with Gasteiger partial charge in [-0.05, 0) is 48.7 Å². The number of morpholine rings is 1. The van der Waals surface area contributed by atoms with Gasteiger partial charge in [0.1, 0.15) is 5.69 Å². The average Bonchev–Trinajstić information content (AvgIpc) is 3.32. The maximum Gasteiger partial charge on any atom is 0.293 e. The molecule has 1 aliphatic heterocycles. The topological polar surface area (TPSA) is 88.8 Å². The third-order valence-corrected chi connectivity index (χ3v) is 7.27. The van der Waals surface area contributed by atoms with Crippen molar-refractivity contribution in [2.24, 2.45) is 0 Å². The molecule has 0 spiro atoms. The fraction of sp³-hybridized carbons (Fsp3) is 0.259. The maximum absolute atomic E-state index is 13.9. The van der Waals surface area contributed by atoms with Gasteiger partial charge < -0.3 is 9.64 Å². The molecule has 0 aliphatic carbocycles. The summed E-state index contributed by atoms with van der Waals surface area (Å²) >= 11 is 1.45. The third kappa shape index (κ3) is 4.80. The Balaban J connectivity index is 1.56. The van der Waals surface area contributed by atoms with Crippen molar-refractivity contribution < 1.29 is 14.5 Å². The molecular weight excluding hydrogens is 476 g/mol. The number of carbonyl (C=O) groups excluding carboxylic acids is 1. The Kier molecular flexibility index (Phi) is 6.67. The lowest BCUT2D eigenvalue weighted by molar-refractivity contribution is -0.384. The van der Waals surface area contributed by atoms with Gasteiger partial charge in [0.15, 0.2) is 5.13 Å². The summed E-state index contributed by atoms with van der Waals surface area (Å²) in [6.07, 6.45) is 0. The molecule has 4 aromatic rings. The fourth-order valence-electron chi connectivity index (χ4n) is 4.50. The number of benzene rings is 3. The van der Waals surface area contributed by atoms with Crippen LogP contribution in [0, 0.1) is 24.0 Å². The molecule has 5 rings (SSSR count). The number of fused-ring (bicyclic) bond motifs is 1. The summed E-state index contributed by atoms with van der Waals surface area (Å²) in [6, 6.07) is 18.5. The standard InChI is InChI=1S/C27H26N4O4S/c1-18-14-19(2)25-24(15-18)36-27(28-25)30(17-20-6-4-3-5-7-20)26(32)21-8-9-22(23(16-21)31(33)34)29-10-12-35-13-11-29/h3-9,14-16H,10-13,17H2,1-2H3. The summed E-state index contributed by atoms with van der Waals surface area (Å²) in [4.78, 5) is 33.8. The Labute approximate surface area is 212 Å². The lowest BCUT2D eigenvalue weighted by Crippen LogP contribution is -2.36. The van der Waals surface area contributed by atoms with Crippen molar-refractivity contribution in [3.8, 4) is 0 Å². The van der Waals surface area contributed by atoms with Crippen LogP contribution in [0.3, 0.4) is 0 Å². The van der Waals surface area contributed by atoms with Crippen molar-refractivity contribution in [2.45, 2.75) is 20.4 Å². The van der Waals surface area contributed by atoms with Gasteiger partial charge in [-0.1, -0.05) is 47.7 Å². The van der Waals surface area contributed by atoms with Gasteiger partial charge in [0, 0.05) is 24.7 Å². The minimum absolute atomic E-state index is 0.0850. The first-order valence-electron chi connectivity index (χ1n) is 11.8. The number of aryl methyl sites for hydroxylation is 2. The Hall–Kier alpha value is -3.82. The van der Waals surface area contributed by atoms with E-state index in [2.05, 4.69) is 12.1 Å². The number of amides is 1. The van der Waals surface area contributed by atoms with Crippen LogP contribution in [0.2, 0.25) is 0 Å². The summed E-state index contributed by atoms with van der Waals surface area (Å²) < 4.78 is 6.38.